The maximum Gasteiger partial charge on any atom is 0.123 e. The SMILES string of the molecule is Cc1cccc2c1CC1(CCOCC1)O2. The van der Waals surface area contributed by atoms with Crippen LogP contribution in [0, 0.1) is 6.92 Å². The Balaban J connectivity index is 1.94. The number of hydrogen-bond acceptors (Lipinski definition) is 2. The molecule has 1 spiro atoms. The lowest BCUT2D eigenvalue weighted by molar-refractivity contribution is -0.0330. The summed E-state index contributed by atoms with van der Waals surface area (Å²) in [5.74, 6) is 1.09. The molecule has 0 N–H and O–H groups in total. The lowest BCUT2D eigenvalue weighted by Crippen LogP contribution is -2.40. The third-order valence-corrected chi connectivity index (χ3v) is 3.60. The highest BCUT2D eigenvalue weighted by Crippen LogP contribution is 2.41. The largest absolute Gasteiger partial charge is 0.486 e. The highest BCUT2D eigenvalue weighted by Gasteiger charge is 2.41. The molecule has 1 aromatic carbocycles. The van der Waals surface area contributed by atoms with Crippen LogP contribution >= 0.6 is 0 Å². The standard InChI is InChI=1S/C13H16O2/c1-10-3-2-4-12-11(10)9-13(15-12)5-7-14-8-6-13/h2-4H,5-9H2,1H3. The van der Waals surface area contributed by atoms with Gasteiger partial charge in [-0.3, -0.25) is 0 Å². The Kier molecular flexibility index (Phi) is 1.99. The van der Waals surface area contributed by atoms with Crippen molar-refractivity contribution in [3.63, 3.8) is 0 Å². The second-order valence-corrected chi connectivity index (χ2v) is 4.63. The number of benzene rings is 1. The number of aryl methyl sites for hydroxylation is 1. The molecule has 0 saturated carbocycles. The Morgan fingerprint density at radius 2 is 2.00 bits per heavy atom. The summed E-state index contributed by atoms with van der Waals surface area (Å²) in [4.78, 5) is 0. The molecule has 2 nitrogen and oxygen atoms in total. The van der Waals surface area contributed by atoms with Crippen molar-refractivity contribution in [1.29, 1.82) is 0 Å². The third kappa shape index (κ3) is 1.44. The third-order valence-electron chi connectivity index (χ3n) is 3.60. The average Bonchev–Trinajstić information content (AvgIpc) is 2.59. The van der Waals surface area contributed by atoms with Crippen LogP contribution in [0.4, 0.5) is 0 Å². The predicted molar refractivity (Wildman–Crippen MR) is 58.3 cm³/mol. The summed E-state index contributed by atoms with van der Waals surface area (Å²) in [6, 6.07) is 6.33. The van der Waals surface area contributed by atoms with Crippen LogP contribution in [-0.4, -0.2) is 18.8 Å². The summed E-state index contributed by atoms with van der Waals surface area (Å²) >= 11 is 0. The summed E-state index contributed by atoms with van der Waals surface area (Å²) in [6.45, 7) is 3.85. The van der Waals surface area contributed by atoms with Gasteiger partial charge in [0.25, 0.3) is 0 Å². The zero-order valence-electron chi connectivity index (χ0n) is 9.08. The Bertz CT molecular complexity index is 378. The van der Waals surface area contributed by atoms with Gasteiger partial charge in [-0.05, 0) is 18.6 Å². The van der Waals surface area contributed by atoms with Crippen molar-refractivity contribution in [3.05, 3.63) is 29.3 Å². The van der Waals surface area contributed by atoms with Crippen LogP contribution in [0.15, 0.2) is 18.2 Å². The van der Waals surface area contributed by atoms with Crippen molar-refractivity contribution in [1.82, 2.24) is 0 Å². The maximum atomic E-state index is 6.14. The number of rotatable bonds is 0. The topological polar surface area (TPSA) is 18.5 Å². The van der Waals surface area contributed by atoms with E-state index in [0.717, 1.165) is 38.2 Å². The molecule has 2 aliphatic heterocycles. The lowest BCUT2D eigenvalue weighted by atomic mass is 9.88. The molecule has 0 radical (unpaired) electrons. The summed E-state index contributed by atoms with van der Waals surface area (Å²) in [5, 5.41) is 0. The molecule has 0 atom stereocenters. The second-order valence-electron chi connectivity index (χ2n) is 4.63. The van der Waals surface area contributed by atoms with E-state index in [4.69, 9.17) is 9.47 Å². The molecule has 1 aromatic rings. The fraction of sp³-hybridized carbons (Fsp3) is 0.538. The summed E-state index contributed by atoms with van der Waals surface area (Å²) in [7, 11) is 0. The van der Waals surface area contributed by atoms with E-state index in [2.05, 4.69) is 25.1 Å². The van der Waals surface area contributed by atoms with Crippen molar-refractivity contribution >= 4 is 0 Å². The smallest absolute Gasteiger partial charge is 0.123 e. The molecule has 2 heterocycles. The van der Waals surface area contributed by atoms with Gasteiger partial charge in [-0.25, -0.2) is 0 Å². The van der Waals surface area contributed by atoms with E-state index in [-0.39, 0.29) is 5.60 Å². The minimum atomic E-state index is 0.0483. The molecule has 0 unspecified atom stereocenters. The monoisotopic (exact) mass is 204 g/mol. The van der Waals surface area contributed by atoms with Crippen LogP contribution in [0.5, 0.6) is 5.75 Å². The maximum absolute atomic E-state index is 6.14. The van der Waals surface area contributed by atoms with Crippen molar-refractivity contribution in [2.24, 2.45) is 0 Å². The van der Waals surface area contributed by atoms with Crippen LogP contribution in [0.25, 0.3) is 0 Å². The molecule has 2 heteroatoms. The van der Waals surface area contributed by atoms with Gasteiger partial charge in [-0.15, -0.1) is 0 Å². The Hall–Kier alpha value is -1.02. The molecule has 3 rings (SSSR count). The van der Waals surface area contributed by atoms with Crippen molar-refractivity contribution < 1.29 is 9.47 Å². The molecule has 0 bridgehead atoms. The average molecular weight is 204 g/mol. The number of fused-ring (bicyclic) bond motifs is 1. The second kappa shape index (κ2) is 3.24. The molecule has 15 heavy (non-hydrogen) atoms. The van der Waals surface area contributed by atoms with E-state index in [0.29, 0.717) is 0 Å². The summed E-state index contributed by atoms with van der Waals surface area (Å²) in [6.07, 6.45) is 3.13. The molecular formula is C13H16O2. The molecule has 80 valence electrons. The van der Waals surface area contributed by atoms with Crippen LogP contribution in [-0.2, 0) is 11.2 Å². The van der Waals surface area contributed by atoms with Crippen LogP contribution in [0.1, 0.15) is 24.0 Å². The van der Waals surface area contributed by atoms with Gasteiger partial charge in [-0.1, -0.05) is 12.1 Å². The Morgan fingerprint density at radius 3 is 2.73 bits per heavy atom. The normalized spacial score (nSPS) is 22.5. The fourth-order valence-corrected chi connectivity index (χ4v) is 2.61. The van der Waals surface area contributed by atoms with E-state index < -0.39 is 0 Å². The van der Waals surface area contributed by atoms with Crippen LogP contribution in [0.2, 0.25) is 0 Å². The molecular weight excluding hydrogens is 188 g/mol. The van der Waals surface area contributed by atoms with Gasteiger partial charge < -0.3 is 9.47 Å². The molecule has 0 amide bonds. The van der Waals surface area contributed by atoms with E-state index in [1.165, 1.54) is 11.1 Å². The van der Waals surface area contributed by atoms with Gasteiger partial charge in [0.05, 0.1) is 13.2 Å². The van der Waals surface area contributed by atoms with Crippen LogP contribution < -0.4 is 4.74 Å². The first-order chi connectivity index (χ1) is 7.29. The van der Waals surface area contributed by atoms with Crippen molar-refractivity contribution in [2.45, 2.75) is 31.8 Å². The summed E-state index contributed by atoms with van der Waals surface area (Å²) < 4.78 is 11.5. The molecule has 2 aliphatic rings. The van der Waals surface area contributed by atoms with Gasteiger partial charge in [0.2, 0.25) is 0 Å². The lowest BCUT2D eigenvalue weighted by Gasteiger charge is -2.32. The zero-order chi connectivity index (χ0) is 10.3. The molecule has 1 saturated heterocycles. The van der Waals surface area contributed by atoms with Gasteiger partial charge >= 0.3 is 0 Å². The van der Waals surface area contributed by atoms with Gasteiger partial charge in [-0.2, -0.15) is 0 Å². The molecule has 0 aliphatic carbocycles. The van der Waals surface area contributed by atoms with Crippen molar-refractivity contribution in [2.75, 3.05) is 13.2 Å². The minimum Gasteiger partial charge on any atom is -0.486 e. The number of hydrogen-bond donors (Lipinski definition) is 0. The van der Waals surface area contributed by atoms with Crippen molar-refractivity contribution in [3.8, 4) is 5.75 Å². The van der Waals surface area contributed by atoms with E-state index >= 15 is 0 Å². The first-order valence-corrected chi connectivity index (χ1v) is 5.64. The highest BCUT2D eigenvalue weighted by atomic mass is 16.5. The quantitative estimate of drug-likeness (QED) is 0.646. The first kappa shape index (κ1) is 9.22. The van der Waals surface area contributed by atoms with Gasteiger partial charge in [0.1, 0.15) is 11.4 Å². The molecule has 1 fully saturated rings. The van der Waals surface area contributed by atoms with Crippen LogP contribution in [0.3, 0.4) is 0 Å². The van der Waals surface area contributed by atoms with E-state index in [1.54, 1.807) is 0 Å². The first-order valence-electron chi connectivity index (χ1n) is 5.64. The van der Waals surface area contributed by atoms with Gasteiger partial charge in [0.15, 0.2) is 0 Å². The van der Waals surface area contributed by atoms with E-state index in [9.17, 15) is 0 Å². The highest BCUT2D eigenvalue weighted by molar-refractivity contribution is 5.44. The fourth-order valence-electron chi connectivity index (χ4n) is 2.61. The minimum absolute atomic E-state index is 0.0483. The predicted octanol–water partition coefficient (Wildman–Crippen LogP) is 2.48. The van der Waals surface area contributed by atoms with E-state index in [1.807, 2.05) is 0 Å². The zero-order valence-corrected chi connectivity index (χ0v) is 9.08. The number of ether oxygens (including phenoxy) is 2. The summed E-state index contributed by atoms with van der Waals surface area (Å²) in [5.41, 5.74) is 2.81. The Morgan fingerprint density at radius 1 is 1.20 bits per heavy atom. The van der Waals surface area contributed by atoms with Gasteiger partial charge in [0, 0.05) is 24.8 Å². The molecule has 0 aromatic heterocycles. The Labute approximate surface area is 90.2 Å².